The van der Waals surface area contributed by atoms with Gasteiger partial charge in [0.05, 0.1) is 0 Å². The summed E-state index contributed by atoms with van der Waals surface area (Å²) in [6, 6.07) is 4.17. The van der Waals surface area contributed by atoms with Gasteiger partial charge in [-0.25, -0.2) is 4.98 Å². The minimum absolute atomic E-state index is 0.314. The number of aromatic nitrogens is 1. The summed E-state index contributed by atoms with van der Waals surface area (Å²) < 4.78 is 0. The number of rotatable bonds is 5. The predicted molar refractivity (Wildman–Crippen MR) is 73.5 cm³/mol. The third-order valence-electron chi connectivity index (χ3n) is 3.45. The summed E-state index contributed by atoms with van der Waals surface area (Å²) in [6.07, 6.45) is 4.29. The van der Waals surface area contributed by atoms with Gasteiger partial charge in [-0.05, 0) is 43.9 Å². The van der Waals surface area contributed by atoms with Crippen LogP contribution < -0.4 is 5.32 Å². The molecule has 2 heterocycles. The van der Waals surface area contributed by atoms with Crippen molar-refractivity contribution in [1.29, 1.82) is 0 Å². The van der Waals surface area contributed by atoms with Crippen LogP contribution in [0.15, 0.2) is 18.3 Å². The molecule has 0 amide bonds. The van der Waals surface area contributed by atoms with Crippen LogP contribution in [0.1, 0.15) is 25.3 Å². The fourth-order valence-electron chi connectivity index (χ4n) is 2.51. The molecule has 4 nitrogen and oxygen atoms in total. The molecular formula is C14H23N3O. The normalized spacial score (nSPS) is 20.9. The first kappa shape index (κ1) is 13.3. The van der Waals surface area contributed by atoms with Gasteiger partial charge in [0.1, 0.15) is 5.82 Å². The summed E-state index contributed by atoms with van der Waals surface area (Å²) in [7, 11) is 0. The Labute approximate surface area is 109 Å². The molecule has 1 aromatic rings. The number of hydrogen-bond donors (Lipinski definition) is 2. The maximum atomic E-state index is 9.22. The number of aliphatic hydroxyl groups is 1. The number of hydrogen-bond acceptors (Lipinski definition) is 4. The monoisotopic (exact) mass is 249 g/mol. The molecule has 0 spiro atoms. The van der Waals surface area contributed by atoms with E-state index in [0.29, 0.717) is 12.5 Å². The fourth-order valence-corrected chi connectivity index (χ4v) is 2.51. The third kappa shape index (κ3) is 3.68. The lowest BCUT2D eigenvalue weighted by Gasteiger charge is -2.31. The molecule has 1 aromatic heterocycles. The van der Waals surface area contributed by atoms with E-state index in [-0.39, 0.29) is 0 Å². The SMILES string of the molecule is CCNc1ccc(CN2CCCC(CO)C2)cn1. The number of anilines is 1. The van der Waals surface area contributed by atoms with E-state index in [1.807, 2.05) is 12.3 Å². The van der Waals surface area contributed by atoms with Crippen molar-refractivity contribution < 1.29 is 5.11 Å². The largest absolute Gasteiger partial charge is 0.396 e. The van der Waals surface area contributed by atoms with Crippen LogP contribution in [-0.4, -0.2) is 41.2 Å². The first-order valence-corrected chi connectivity index (χ1v) is 6.84. The van der Waals surface area contributed by atoms with Crippen LogP contribution in [0.4, 0.5) is 5.82 Å². The van der Waals surface area contributed by atoms with Gasteiger partial charge in [-0.15, -0.1) is 0 Å². The number of nitrogens with zero attached hydrogens (tertiary/aromatic N) is 2. The van der Waals surface area contributed by atoms with Gasteiger partial charge in [0.15, 0.2) is 0 Å². The van der Waals surface area contributed by atoms with E-state index in [9.17, 15) is 5.11 Å². The van der Waals surface area contributed by atoms with Gasteiger partial charge in [-0.1, -0.05) is 6.07 Å². The molecule has 2 rings (SSSR count). The van der Waals surface area contributed by atoms with E-state index < -0.39 is 0 Å². The summed E-state index contributed by atoms with van der Waals surface area (Å²) in [5.74, 6) is 1.39. The van der Waals surface area contributed by atoms with E-state index in [1.165, 1.54) is 12.0 Å². The van der Waals surface area contributed by atoms with E-state index >= 15 is 0 Å². The molecule has 0 radical (unpaired) electrons. The lowest BCUT2D eigenvalue weighted by Crippen LogP contribution is -2.36. The smallest absolute Gasteiger partial charge is 0.125 e. The minimum atomic E-state index is 0.314. The Hall–Kier alpha value is -1.13. The Morgan fingerprint density at radius 3 is 3.06 bits per heavy atom. The van der Waals surface area contributed by atoms with Gasteiger partial charge in [-0.3, -0.25) is 4.90 Å². The van der Waals surface area contributed by atoms with Crippen molar-refractivity contribution in [3.05, 3.63) is 23.9 Å². The molecule has 2 N–H and O–H groups in total. The van der Waals surface area contributed by atoms with Gasteiger partial charge in [0.2, 0.25) is 0 Å². The van der Waals surface area contributed by atoms with Gasteiger partial charge < -0.3 is 10.4 Å². The second-order valence-corrected chi connectivity index (χ2v) is 5.01. The average molecular weight is 249 g/mol. The molecule has 1 aliphatic rings. The highest BCUT2D eigenvalue weighted by molar-refractivity contribution is 5.35. The highest BCUT2D eigenvalue weighted by Crippen LogP contribution is 2.18. The van der Waals surface area contributed by atoms with Crippen molar-refractivity contribution in [2.75, 3.05) is 31.6 Å². The number of aliphatic hydroxyl groups excluding tert-OH is 1. The maximum absolute atomic E-state index is 9.22. The van der Waals surface area contributed by atoms with E-state index in [2.05, 4.69) is 28.2 Å². The zero-order chi connectivity index (χ0) is 12.8. The Morgan fingerprint density at radius 2 is 2.39 bits per heavy atom. The van der Waals surface area contributed by atoms with Crippen molar-refractivity contribution in [2.24, 2.45) is 5.92 Å². The molecular weight excluding hydrogens is 226 g/mol. The van der Waals surface area contributed by atoms with Crippen LogP contribution in [0.2, 0.25) is 0 Å². The molecule has 0 aromatic carbocycles. The van der Waals surface area contributed by atoms with Gasteiger partial charge in [0.25, 0.3) is 0 Å². The molecule has 1 saturated heterocycles. The van der Waals surface area contributed by atoms with Crippen molar-refractivity contribution >= 4 is 5.82 Å². The Balaban J connectivity index is 1.88. The molecule has 100 valence electrons. The molecule has 1 aliphatic heterocycles. The summed E-state index contributed by atoms with van der Waals surface area (Å²) in [6.45, 7) is 6.36. The van der Waals surface area contributed by atoms with Crippen LogP contribution in [-0.2, 0) is 6.54 Å². The van der Waals surface area contributed by atoms with Crippen molar-refractivity contribution in [3.63, 3.8) is 0 Å². The molecule has 18 heavy (non-hydrogen) atoms. The van der Waals surface area contributed by atoms with Gasteiger partial charge >= 0.3 is 0 Å². The van der Waals surface area contributed by atoms with E-state index in [4.69, 9.17) is 0 Å². The zero-order valence-corrected chi connectivity index (χ0v) is 11.1. The number of nitrogens with one attached hydrogen (secondary N) is 1. The molecule has 0 saturated carbocycles. The Kier molecular flexibility index (Phi) is 4.96. The second kappa shape index (κ2) is 6.71. The summed E-state index contributed by atoms with van der Waals surface area (Å²) in [4.78, 5) is 6.80. The first-order chi connectivity index (χ1) is 8.81. The summed E-state index contributed by atoms with van der Waals surface area (Å²) >= 11 is 0. The average Bonchev–Trinajstić information content (AvgIpc) is 2.42. The predicted octanol–water partition coefficient (Wildman–Crippen LogP) is 1.72. The van der Waals surface area contributed by atoms with Crippen LogP contribution >= 0.6 is 0 Å². The van der Waals surface area contributed by atoms with Gasteiger partial charge in [-0.2, -0.15) is 0 Å². The number of likely N-dealkylation sites (tertiary alicyclic amines) is 1. The quantitative estimate of drug-likeness (QED) is 0.834. The maximum Gasteiger partial charge on any atom is 0.125 e. The lowest BCUT2D eigenvalue weighted by molar-refractivity contribution is 0.116. The molecule has 1 fully saturated rings. The number of piperidine rings is 1. The first-order valence-electron chi connectivity index (χ1n) is 6.84. The third-order valence-corrected chi connectivity index (χ3v) is 3.45. The molecule has 1 atom stereocenters. The standard InChI is InChI=1S/C14H23N3O/c1-2-15-14-6-5-12(8-16-14)9-17-7-3-4-13(10-17)11-18/h5-6,8,13,18H,2-4,7,9-11H2,1H3,(H,15,16). The Bertz CT molecular complexity index is 353. The fraction of sp³-hybridized carbons (Fsp3) is 0.643. The zero-order valence-electron chi connectivity index (χ0n) is 11.1. The van der Waals surface area contributed by atoms with Crippen LogP contribution in [0, 0.1) is 5.92 Å². The summed E-state index contributed by atoms with van der Waals surface area (Å²) in [5.41, 5.74) is 1.25. The van der Waals surface area contributed by atoms with Crippen molar-refractivity contribution in [3.8, 4) is 0 Å². The highest BCUT2D eigenvalue weighted by Gasteiger charge is 2.18. The summed E-state index contributed by atoms with van der Waals surface area (Å²) in [5, 5.41) is 12.4. The Morgan fingerprint density at radius 1 is 1.50 bits per heavy atom. The van der Waals surface area contributed by atoms with Crippen molar-refractivity contribution in [2.45, 2.75) is 26.3 Å². The van der Waals surface area contributed by atoms with E-state index in [0.717, 1.165) is 38.4 Å². The van der Waals surface area contributed by atoms with Crippen LogP contribution in [0.5, 0.6) is 0 Å². The number of pyridine rings is 1. The molecule has 0 aliphatic carbocycles. The highest BCUT2D eigenvalue weighted by atomic mass is 16.3. The van der Waals surface area contributed by atoms with Crippen LogP contribution in [0.3, 0.4) is 0 Å². The molecule has 0 bridgehead atoms. The van der Waals surface area contributed by atoms with Gasteiger partial charge in [0, 0.05) is 32.4 Å². The lowest BCUT2D eigenvalue weighted by atomic mass is 9.99. The minimum Gasteiger partial charge on any atom is -0.396 e. The van der Waals surface area contributed by atoms with Crippen LogP contribution in [0.25, 0.3) is 0 Å². The van der Waals surface area contributed by atoms with E-state index in [1.54, 1.807) is 0 Å². The molecule has 4 heteroatoms. The van der Waals surface area contributed by atoms with Crippen molar-refractivity contribution in [1.82, 2.24) is 9.88 Å². The topological polar surface area (TPSA) is 48.4 Å². The molecule has 1 unspecified atom stereocenters. The second-order valence-electron chi connectivity index (χ2n) is 5.01.